The van der Waals surface area contributed by atoms with Gasteiger partial charge < -0.3 is 9.80 Å². The van der Waals surface area contributed by atoms with Gasteiger partial charge in [-0.05, 0) is 45.2 Å². The Hall–Kier alpha value is -0.880. The number of rotatable bonds is 2. The van der Waals surface area contributed by atoms with E-state index >= 15 is 0 Å². The number of piperidine rings is 1. The van der Waals surface area contributed by atoms with E-state index in [0.717, 1.165) is 19.0 Å². The van der Waals surface area contributed by atoms with E-state index in [9.17, 15) is 0 Å². The lowest BCUT2D eigenvalue weighted by Gasteiger charge is -2.35. The first-order valence-electron chi connectivity index (χ1n) is 5.62. The van der Waals surface area contributed by atoms with Gasteiger partial charge in [0, 0.05) is 20.1 Å². The van der Waals surface area contributed by atoms with Crippen LogP contribution in [0.25, 0.3) is 0 Å². The van der Waals surface area contributed by atoms with Crippen molar-refractivity contribution in [1.82, 2.24) is 19.7 Å². The maximum atomic E-state index is 5.12. The molecule has 0 aliphatic carbocycles. The van der Waals surface area contributed by atoms with Crippen molar-refractivity contribution in [2.24, 2.45) is 7.05 Å². The first-order valence-corrected chi connectivity index (χ1v) is 6.03. The second-order valence-electron chi connectivity index (χ2n) is 4.53. The molecule has 1 aromatic rings. The number of H-pyrrole nitrogens is 1. The quantitative estimate of drug-likeness (QED) is 0.785. The molecule has 1 saturated heterocycles. The standard InChI is InChI=1S/C10H19N5S/c1-13-6-4-8(5-7-13)14(2)9-11-12-10(16)15(9)3/h8H,4-7H2,1-3H3,(H,12,16). The minimum absolute atomic E-state index is 0.570. The van der Waals surface area contributed by atoms with Gasteiger partial charge in [-0.2, -0.15) is 0 Å². The topological polar surface area (TPSA) is 40.1 Å². The molecular weight excluding hydrogens is 222 g/mol. The molecule has 0 spiro atoms. The number of hydrogen-bond acceptors (Lipinski definition) is 4. The van der Waals surface area contributed by atoms with Gasteiger partial charge in [-0.3, -0.25) is 4.57 Å². The Bertz CT molecular complexity index is 402. The van der Waals surface area contributed by atoms with Gasteiger partial charge in [0.2, 0.25) is 5.95 Å². The highest BCUT2D eigenvalue weighted by molar-refractivity contribution is 7.71. The van der Waals surface area contributed by atoms with Crippen molar-refractivity contribution in [2.45, 2.75) is 18.9 Å². The zero-order valence-electron chi connectivity index (χ0n) is 10.1. The zero-order valence-corrected chi connectivity index (χ0v) is 10.9. The monoisotopic (exact) mass is 241 g/mol. The Morgan fingerprint density at radius 2 is 2.00 bits per heavy atom. The van der Waals surface area contributed by atoms with Crippen molar-refractivity contribution in [2.75, 3.05) is 32.1 Å². The minimum Gasteiger partial charge on any atom is -0.341 e. The number of nitrogens with zero attached hydrogens (tertiary/aromatic N) is 4. The van der Waals surface area contributed by atoms with Gasteiger partial charge in [-0.15, -0.1) is 5.10 Å². The second kappa shape index (κ2) is 4.55. The molecule has 1 aliphatic heterocycles. The van der Waals surface area contributed by atoms with Crippen molar-refractivity contribution in [3.8, 4) is 0 Å². The van der Waals surface area contributed by atoms with Crippen molar-refractivity contribution >= 4 is 18.2 Å². The van der Waals surface area contributed by atoms with Crippen LogP contribution in [0.1, 0.15) is 12.8 Å². The molecule has 0 bridgehead atoms. The molecule has 1 aliphatic rings. The van der Waals surface area contributed by atoms with Crippen LogP contribution in [-0.2, 0) is 7.05 Å². The van der Waals surface area contributed by atoms with Gasteiger partial charge in [-0.25, -0.2) is 5.10 Å². The predicted molar refractivity (Wildman–Crippen MR) is 67.3 cm³/mol. The number of nitrogens with one attached hydrogen (secondary N) is 1. The Labute approximate surface area is 101 Å². The Morgan fingerprint density at radius 1 is 1.38 bits per heavy atom. The third-order valence-electron chi connectivity index (χ3n) is 3.41. The van der Waals surface area contributed by atoms with E-state index < -0.39 is 0 Å². The van der Waals surface area contributed by atoms with Crippen LogP contribution in [0.4, 0.5) is 5.95 Å². The van der Waals surface area contributed by atoms with Crippen LogP contribution in [-0.4, -0.2) is 52.9 Å². The third-order valence-corrected chi connectivity index (χ3v) is 3.77. The molecule has 6 heteroatoms. The fraction of sp³-hybridized carbons (Fsp3) is 0.800. The van der Waals surface area contributed by atoms with Gasteiger partial charge in [0.05, 0.1) is 0 Å². The molecule has 5 nitrogen and oxygen atoms in total. The summed E-state index contributed by atoms with van der Waals surface area (Å²) in [5.41, 5.74) is 0. The first kappa shape index (κ1) is 11.6. The van der Waals surface area contributed by atoms with Crippen molar-refractivity contribution in [1.29, 1.82) is 0 Å². The summed E-state index contributed by atoms with van der Waals surface area (Å²) in [5, 5.41) is 7.10. The maximum absolute atomic E-state index is 5.12. The molecule has 2 rings (SSSR count). The van der Waals surface area contributed by atoms with E-state index in [-0.39, 0.29) is 0 Å². The second-order valence-corrected chi connectivity index (χ2v) is 4.92. The average molecular weight is 241 g/mol. The highest BCUT2D eigenvalue weighted by Crippen LogP contribution is 2.19. The molecule has 0 unspecified atom stereocenters. The molecule has 0 saturated carbocycles. The van der Waals surface area contributed by atoms with Gasteiger partial charge in [-0.1, -0.05) is 0 Å². The molecule has 0 atom stereocenters. The third kappa shape index (κ3) is 2.12. The largest absolute Gasteiger partial charge is 0.341 e. The van der Waals surface area contributed by atoms with E-state index in [1.165, 1.54) is 12.8 Å². The summed E-state index contributed by atoms with van der Waals surface area (Å²) in [5.74, 6) is 0.930. The summed E-state index contributed by atoms with van der Waals surface area (Å²) in [6.07, 6.45) is 2.37. The number of anilines is 1. The van der Waals surface area contributed by atoms with Crippen LogP contribution in [0.3, 0.4) is 0 Å². The molecule has 0 amide bonds. The average Bonchev–Trinajstić information content (AvgIpc) is 2.60. The molecule has 1 fully saturated rings. The molecular formula is C10H19N5S. The van der Waals surface area contributed by atoms with Gasteiger partial charge in [0.15, 0.2) is 4.77 Å². The smallest absolute Gasteiger partial charge is 0.225 e. The fourth-order valence-corrected chi connectivity index (χ4v) is 2.33. The van der Waals surface area contributed by atoms with Gasteiger partial charge in [0.1, 0.15) is 0 Å². The van der Waals surface area contributed by atoms with Crippen LogP contribution < -0.4 is 4.90 Å². The SMILES string of the molecule is CN1CCC(N(C)c2n[nH]c(=S)n2C)CC1. The maximum Gasteiger partial charge on any atom is 0.225 e. The summed E-state index contributed by atoms with van der Waals surface area (Å²) >= 11 is 5.12. The van der Waals surface area contributed by atoms with Crippen molar-refractivity contribution in [3.63, 3.8) is 0 Å². The van der Waals surface area contributed by atoms with E-state index in [1.807, 2.05) is 11.6 Å². The minimum atomic E-state index is 0.570. The number of likely N-dealkylation sites (tertiary alicyclic amines) is 1. The summed E-state index contributed by atoms with van der Waals surface area (Å²) < 4.78 is 2.60. The molecule has 2 heterocycles. The van der Waals surface area contributed by atoms with Crippen LogP contribution in [0.5, 0.6) is 0 Å². The molecule has 0 aromatic carbocycles. The van der Waals surface area contributed by atoms with E-state index in [1.54, 1.807) is 0 Å². The Balaban J connectivity index is 2.10. The predicted octanol–water partition coefficient (Wildman–Crippen LogP) is 1.01. The number of aromatic amines is 1. The normalized spacial score (nSPS) is 18.9. The van der Waals surface area contributed by atoms with Crippen LogP contribution >= 0.6 is 12.2 Å². The van der Waals surface area contributed by atoms with Gasteiger partial charge >= 0.3 is 0 Å². The van der Waals surface area contributed by atoms with E-state index in [0.29, 0.717) is 10.8 Å². The Morgan fingerprint density at radius 3 is 2.50 bits per heavy atom. The zero-order chi connectivity index (χ0) is 11.7. The van der Waals surface area contributed by atoms with E-state index in [4.69, 9.17) is 12.2 Å². The molecule has 0 radical (unpaired) electrons. The van der Waals surface area contributed by atoms with Crippen LogP contribution in [0, 0.1) is 4.77 Å². The lowest BCUT2D eigenvalue weighted by Crippen LogP contribution is -2.42. The number of aromatic nitrogens is 3. The lowest BCUT2D eigenvalue weighted by molar-refractivity contribution is 0.251. The molecule has 1 N–H and O–H groups in total. The van der Waals surface area contributed by atoms with Crippen molar-refractivity contribution < 1.29 is 0 Å². The highest BCUT2D eigenvalue weighted by atomic mass is 32.1. The van der Waals surface area contributed by atoms with Crippen LogP contribution in [0.2, 0.25) is 0 Å². The molecule has 1 aromatic heterocycles. The fourth-order valence-electron chi connectivity index (χ4n) is 2.20. The Kier molecular flexibility index (Phi) is 3.30. The van der Waals surface area contributed by atoms with E-state index in [2.05, 4.69) is 34.1 Å². The summed E-state index contributed by atoms with van der Waals surface area (Å²) in [6.45, 7) is 2.31. The van der Waals surface area contributed by atoms with Gasteiger partial charge in [0.25, 0.3) is 0 Å². The van der Waals surface area contributed by atoms with Crippen LogP contribution in [0.15, 0.2) is 0 Å². The summed E-state index contributed by atoms with van der Waals surface area (Å²) in [6, 6.07) is 0.570. The van der Waals surface area contributed by atoms with Crippen molar-refractivity contribution in [3.05, 3.63) is 4.77 Å². The summed E-state index contributed by atoms with van der Waals surface area (Å²) in [7, 11) is 6.22. The molecule has 16 heavy (non-hydrogen) atoms. The first-order chi connectivity index (χ1) is 7.59. The number of hydrogen-bond donors (Lipinski definition) is 1. The molecule has 90 valence electrons. The highest BCUT2D eigenvalue weighted by Gasteiger charge is 2.23. The summed E-state index contributed by atoms with van der Waals surface area (Å²) in [4.78, 5) is 4.60. The lowest BCUT2D eigenvalue weighted by atomic mass is 10.0.